The van der Waals surface area contributed by atoms with Gasteiger partial charge in [0, 0.05) is 7.05 Å². The Balaban J connectivity index is 1.80. The summed E-state index contributed by atoms with van der Waals surface area (Å²) < 4.78 is 11.0. The number of ether oxygens (including phenoxy) is 2. The number of β-lactam (4-membered cyclic amide) rings is 1. The Morgan fingerprint density at radius 3 is 2.24 bits per heavy atom. The Labute approximate surface area is 123 Å². The van der Waals surface area contributed by atoms with Crippen LogP contribution >= 0.6 is 0 Å². The lowest BCUT2D eigenvalue weighted by Crippen LogP contribution is -2.59. The predicted octanol–water partition coefficient (Wildman–Crippen LogP) is 2.66. The largest absolute Gasteiger partial charge is 0.497 e. The van der Waals surface area contributed by atoms with Crippen molar-refractivity contribution in [2.45, 2.75) is 12.1 Å². The lowest BCUT2D eigenvalue weighted by molar-refractivity contribution is -0.160. The highest BCUT2D eigenvalue weighted by Gasteiger charge is 2.47. The molecule has 2 aromatic carbocycles. The highest BCUT2D eigenvalue weighted by molar-refractivity contribution is 5.89. The quantitative estimate of drug-likeness (QED) is 0.810. The molecule has 0 radical (unpaired) electrons. The van der Waals surface area contributed by atoms with E-state index < -0.39 is 6.10 Å². The molecule has 4 heteroatoms. The summed E-state index contributed by atoms with van der Waals surface area (Å²) in [4.78, 5) is 13.8. The third-order valence-electron chi connectivity index (χ3n) is 3.76. The van der Waals surface area contributed by atoms with E-state index in [4.69, 9.17) is 9.47 Å². The summed E-state index contributed by atoms with van der Waals surface area (Å²) in [5.41, 5.74) is 1.04. The van der Waals surface area contributed by atoms with Crippen molar-refractivity contribution >= 4 is 5.91 Å². The maximum atomic E-state index is 12.0. The molecule has 0 unspecified atom stereocenters. The lowest BCUT2D eigenvalue weighted by Gasteiger charge is -2.44. The first-order chi connectivity index (χ1) is 10.2. The van der Waals surface area contributed by atoms with Gasteiger partial charge in [-0.2, -0.15) is 0 Å². The van der Waals surface area contributed by atoms with Crippen LogP contribution in [0.25, 0.3) is 0 Å². The third kappa shape index (κ3) is 2.44. The number of hydrogen-bond acceptors (Lipinski definition) is 3. The maximum Gasteiger partial charge on any atom is 0.266 e. The minimum Gasteiger partial charge on any atom is -0.497 e. The first-order valence-electron chi connectivity index (χ1n) is 6.83. The molecule has 0 spiro atoms. The van der Waals surface area contributed by atoms with Crippen molar-refractivity contribution in [2.75, 3.05) is 14.2 Å². The van der Waals surface area contributed by atoms with Crippen LogP contribution in [0, 0.1) is 0 Å². The number of likely N-dealkylation sites (tertiary alicyclic amines) is 1. The zero-order chi connectivity index (χ0) is 14.8. The second-order valence-corrected chi connectivity index (χ2v) is 5.02. The number of nitrogens with zero attached hydrogens (tertiary/aromatic N) is 1. The number of carbonyl (C=O) groups is 1. The standard InChI is InChI=1S/C17H17NO3/c1-18-15(12-8-10-13(20-2)11-9-12)16(17(18)19)21-14-6-4-3-5-7-14/h3-11,15-16H,1-2H3/t15-,16+/m1/s1. The minimum atomic E-state index is -0.467. The number of amides is 1. The van der Waals surface area contributed by atoms with E-state index in [1.807, 2.05) is 54.6 Å². The van der Waals surface area contributed by atoms with Gasteiger partial charge in [-0.1, -0.05) is 30.3 Å². The van der Waals surface area contributed by atoms with E-state index >= 15 is 0 Å². The van der Waals surface area contributed by atoms with Gasteiger partial charge in [-0.3, -0.25) is 4.79 Å². The molecule has 1 heterocycles. The van der Waals surface area contributed by atoms with Gasteiger partial charge in [-0.05, 0) is 29.8 Å². The monoisotopic (exact) mass is 283 g/mol. The van der Waals surface area contributed by atoms with Crippen LogP contribution in [0.2, 0.25) is 0 Å². The zero-order valence-electron chi connectivity index (χ0n) is 12.0. The van der Waals surface area contributed by atoms with E-state index in [2.05, 4.69) is 0 Å². The predicted molar refractivity (Wildman–Crippen MR) is 79.4 cm³/mol. The maximum absolute atomic E-state index is 12.0. The van der Waals surface area contributed by atoms with Gasteiger partial charge in [-0.15, -0.1) is 0 Å². The molecular formula is C17H17NO3. The highest BCUT2D eigenvalue weighted by atomic mass is 16.5. The van der Waals surface area contributed by atoms with Crippen LogP contribution in [0.1, 0.15) is 11.6 Å². The number of carbonyl (C=O) groups excluding carboxylic acids is 1. The van der Waals surface area contributed by atoms with Crippen LogP contribution in [0.4, 0.5) is 0 Å². The molecule has 2 atom stereocenters. The van der Waals surface area contributed by atoms with E-state index in [1.54, 1.807) is 19.1 Å². The van der Waals surface area contributed by atoms with Gasteiger partial charge in [0.25, 0.3) is 5.91 Å². The zero-order valence-corrected chi connectivity index (χ0v) is 12.0. The van der Waals surface area contributed by atoms with Gasteiger partial charge in [0.1, 0.15) is 17.5 Å². The van der Waals surface area contributed by atoms with E-state index in [0.29, 0.717) is 5.75 Å². The fourth-order valence-electron chi connectivity index (χ4n) is 2.55. The molecule has 1 aliphatic heterocycles. The third-order valence-corrected chi connectivity index (χ3v) is 3.76. The van der Waals surface area contributed by atoms with Gasteiger partial charge in [0.2, 0.25) is 6.10 Å². The first kappa shape index (κ1) is 13.5. The van der Waals surface area contributed by atoms with Gasteiger partial charge in [0.15, 0.2) is 0 Å². The van der Waals surface area contributed by atoms with Crippen molar-refractivity contribution in [1.82, 2.24) is 4.90 Å². The summed E-state index contributed by atoms with van der Waals surface area (Å²) in [5.74, 6) is 1.51. The molecule has 3 rings (SSSR count). The second kappa shape index (κ2) is 5.48. The number of rotatable bonds is 4. The van der Waals surface area contributed by atoms with Crippen molar-refractivity contribution < 1.29 is 14.3 Å². The molecule has 0 aromatic heterocycles. The second-order valence-electron chi connectivity index (χ2n) is 5.02. The number of para-hydroxylation sites is 1. The SMILES string of the molecule is COc1ccc([C@@H]2[C@H](Oc3ccccc3)C(=O)N2C)cc1. The minimum absolute atomic E-state index is 0.000305. The lowest BCUT2D eigenvalue weighted by atomic mass is 9.91. The van der Waals surface area contributed by atoms with Crippen LogP contribution in [0.15, 0.2) is 54.6 Å². The summed E-state index contributed by atoms with van der Waals surface area (Å²) in [6.45, 7) is 0. The van der Waals surface area contributed by atoms with Gasteiger partial charge >= 0.3 is 0 Å². The normalized spacial score (nSPS) is 20.9. The molecule has 0 N–H and O–H groups in total. The fraction of sp³-hybridized carbons (Fsp3) is 0.235. The Hall–Kier alpha value is -2.49. The molecule has 4 nitrogen and oxygen atoms in total. The van der Waals surface area contributed by atoms with Gasteiger partial charge in [-0.25, -0.2) is 0 Å². The average Bonchev–Trinajstić information content (AvgIpc) is 2.55. The summed E-state index contributed by atoms with van der Waals surface area (Å²) >= 11 is 0. The number of hydrogen-bond donors (Lipinski definition) is 0. The summed E-state index contributed by atoms with van der Waals surface area (Å²) in [7, 11) is 3.43. The van der Waals surface area contributed by atoms with Crippen molar-refractivity contribution in [3.63, 3.8) is 0 Å². The van der Waals surface area contributed by atoms with Crippen LogP contribution in [0.3, 0.4) is 0 Å². The number of likely N-dealkylation sites (N-methyl/N-ethyl adjacent to an activating group) is 1. The van der Waals surface area contributed by atoms with Gasteiger partial charge < -0.3 is 14.4 Å². The van der Waals surface area contributed by atoms with Crippen molar-refractivity contribution in [1.29, 1.82) is 0 Å². The number of methoxy groups -OCH3 is 1. The van der Waals surface area contributed by atoms with Crippen LogP contribution in [-0.2, 0) is 4.79 Å². The smallest absolute Gasteiger partial charge is 0.266 e. The summed E-state index contributed by atoms with van der Waals surface area (Å²) in [6, 6.07) is 17.1. The number of benzene rings is 2. The molecule has 21 heavy (non-hydrogen) atoms. The fourth-order valence-corrected chi connectivity index (χ4v) is 2.55. The van der Waals surface area contributed by atoms with Crippen LogP contribution in [-0.4, -0.2) is 31.1 Å². The molecule has 1 amide bonds. The Morgan fingerprint density at radius 1 is 0.952 bits per heavy atom. The van der Waals surface area contributed by atoms with Crippen LogP contribution < -0.4 is 9.47 Å². The summed E-state index contributed by atoms with van der Waals surface area (Å²) in [5, 5.41) is 0. The highest BCUT2D eigenvalue weighted by Crippen LogP contribution is 2.36. The molecule has 1 aliphatic rings. The molecule has 108 valence electrons. The van der Waals surface area contributed by atoms with Gasteiger partial charge in [0.05, 0.1) is 7.11 Å². The molecule has 0 aliphatic carbocycles. The first-order valence-corrected chi connectivity index (χ1v) is 6.83. The van der Waals surface area contributed by atoms with E-state index in [0.717, 1.165) is 11.3 Å². The molecular weight excluding hydrogens is 266 g/mol. The molecule has 0 saturated carbocycles. The van der Waals surface area contributed by atoms with E-state index in [1.165, 1.54) is 0 Å². The molecule has 1 saturated heterocycles. The van der Waals surface area contributed by atoms with E-state index in [-0.39, 0.29) is 11.9 Å². The Morgan fingerprint density at radius 2 is 1.62 bits per heavy atom. The molecule has 2 aromatic rings. The van der Waals surface area contributed by atoms with Crippen molar-refractivity contribution in [3.05, 3.63) is 60.2 Å². The molecule has 0 bridgehead atoms. The Bertz CT molecular complexity index is 624. The topological polar surface area (TPSA) is 38.8 Å². The Kier molecular flexibility index (Phi) is 3.52. The van der Waals surface area contributed by atoms with Crippen molar-refractivity contribution in [3.8, 4) is 11.5 Å². The summed E-state index contributed by atoms with van der Waals surface area (Å²) in [6.07, 6.45) is -0.467. The average molecular weight is 283 g/mol. The van der Waals surface area contributed by atoms with Crippen LogP contribution in [0.5, 0.6) is 11.5 Å². The van der Waals surface area contributed by atoms with E-state index in [9.17, 15) is 4.79 Å². The molecule has 1 fully saturated rings. The van der Waals surface area contributed by atoms with Crippen molar-refractivity contribution in [2.24, 2.45) is 0 Å².